The normalized spacial score (nSPS) is 28.8. The van der Waals surface area contributed by atoms with Gasteiger partial charge in [-0.1, -0.05) is 91.0 Å². The first-order valence-corrected chi connectivity index (χ1v) is 16.2. The Bertz CT molecular complexity index is 1410. The van der Waals surface area contributed by atoms with Crippen LogP contribution in [0, 0.1) is 0 Å². The summed E-state index contributed by atoms with van der Waals surface area (Å²) in [7, 11) is 0. The second kappa shape index (κ2) is 17.6. The fraction of sp³-hybridized carbons (Fsp3) is 0.459. The Kier molecular flexibility index (Phi) is 13.1. The lowest BCUT2D eigenvalue weighted by atomic mass is 9.97. The fourth-order valence-electron chi connectivity index (χ4n) is 5.91. The molecular formula is C37H44O11. The van der Waals surface area contributed by atoms with Gasteiger partial charge in [-0.25, -0.2) is 0 Å². The first-order chi connectivity index (χ1) is 23.3. The molecule has 0 bridgehead atoms. The highest BCUT2D eigenvalue weighted by molar-refractivity contribution is 5.67. The molecule has 1 N–H and O–H groups in total. The van der Waals surface area contributed by atoms with Crippen molar-refractivity contribution in [1.29, 1.82) is 0 Å². The molecule has 9 atom stereocenters. The van der Waals surface area contributed by atoms with Gasteiger partial charge in [-0.15, -0.1) is 0 Å². The lowest BCUT2D eigenvalue weighted by Gasteiger charge is -2.47. The van der Waals surface area contributed by atoms with E-state index in [-0.39, 0.29) is 26.2 Å². The minimum absolute atomic E-state index is 0.0545. The molecule has 258 valence electrons. The highest BCUT2D eigenvalue weighted by Gasteiger charge is 2.50. The molecule has 2 aliphatic heterocycles. The van der Waals surface area contributed by atoms with E-state index < -0.39 is 67.2 Å². The molecule has 3 aromatic rings. The summed E-state index contributed by atoms with van der Waals surface area (Å²) in [5.41, 5.74) is 2.79. The van der Waals surface area contributed by atoms with Gasteiger partial charge in [0, 0.05) is 20.3 Å². The maximum Gasteiger partial charge on any atom is 0.303 e. The molecule has 5 rings (SSSR count). The van der Waals surface area contributed by atoms with Crippen LogP contribution in [0.15, 0.2) is 91.0 Å². The summed E-state index contributed by atoms with van der Waals surface area (Å²) in [6.45, 7) is 5.05. The van der Waals surface area contributed by atoms with Crippen LogP contribution < -0.4 is 0 Å². The highest BCUT2D eigenvalue weighted by atomic mass is 16.7. The van der Waals surface area contributed by atoms with Crippen molar-refractivity contribution in [2.24, 2.45) is 0 Å². The van der Waals surface area contributed by atoms with Crippen molar-refractivity contribution in [2.75, 3.05) is 6.61 Å². The van der Waals surface area contributed by atoms with Gasteiger partial charge in [-0.3, -0.25) is 9.59 Å². The molecule has 0 saturated carbocycles. The topological polar surface area (TPSA) is 128 Å². The zero-order chi connectivity index (χ0) is 33.9. The zero-order valence-corrected chi connectivity index (χ0v) is 27.4. The number of esters is 2. The third-order valence-electron chi connectivity index (χ3n) is 8.12. The molecule has 0 amide bonds. The SMILES string of the molecule is CC(=O)O[C@@H]1[C@@H](C)O[C@H](O[C@H]2[C@H](OCc3ccccc3)[C@@H](OCc3ccccc3)[C@@H](O)O[C@@H]2COCc2ccccc2)C[C@H]1OC(C)=O. The molecule has 0 unspecified atom stereocenters. The number of benzene rings is 3. The standard InChI is InChI=1S/C37H44O11/c1-24-33(46-26(3)39)30(45-25(2)38)19-32(44-24)48-34-31(23-41-20-27-13-7-4-8-14-27)47-37(40)36(43-22-29-17-11-6-12-18-29)35(34)42-21-28-15-9-5-10-16-28/h4-18,24,30-37,40H,19-23H2,1-3H3/t24-,30-,31-,32-,33-,34-,35+,36-,37+/m1/s1. The predicted molar refractivity (Wildman–Crippen MR) is 172 cm³/mol. The van der Waals surface area contributed by atoms with Gasteiger partial charge in [0.05, 0.1) is 32.5 Å². The summed E-state index contributed by atoms with van der Waals surface area (Å²) in [6.07, 6.45) is -8.02. The van der Waals surface area contributed by atoms with Gasteiger partial charge in [-0.05, 0) is 23.6 Å². The number of hydrogen-bond acceptors (Lipinski definition) is 11. The molecule has 2 saturated heterocycles. The summed E-state index contributed by atoms with van der Waals surface area (Å²) >= 11 is 0. The van der Waals surface area contributed by atoms with Crippen LogP contribution in [0.2, 0.25) is 0 Å². The van der Waals surface area contributed by atoms with Crippen LogP contribution in [-0.2, 0) is 67.3 Å². The molecular weight excluding hydrogens is 620 g/mol. The lowest BCUT2D eigenvalue weighted by Crippen LogP contribution is -2.63. The maximum absolute atomic E-state index is 12.0. The summed E-state index contributed by atoms with van der Waals surface area (Å²) in [5, 5.41) is 11.4. The summed E-state index contributed by atoms with van der Waals surface area (Å²) < 4.78 is 48.9. The minimum atomic E-state index is -1.37. The van der Waals surface area contributed by atoms with Crippen molar-refractivity contribution >= 4 is 11.9 Å². The maximum atomic E-state index is 12.0. The largest absolute Gasteiger partial charge is 0.458 e. The molecule has 2 fully saturated rings. The van der Waals surface area contributed by atoms with Crippen LogP contribution in [-0.4, -0.2) is 79.0 Å². The molecule has 0 spiro atoms. The predicted octanol–water partition coefficient (Wildman–Crippen LogP) is 4.47. The van der Waals surface area contributed by atoms with Gasteiger partial charge in [0.2, 0.25) is 0 Å². The van der Waals surface area contributed by atoms with E-state index in [1.54, 1.807) is 6.92 Å². The van der Waals surface area contributed by atoms with Crippen LogP contribution >= 0.6 is 0 Å². The quantitative estimate of drug-likeness (QED) is 0.245. The van der Waals surface area contributed by atoms with Gasteiger partial charge in [0.1, 0.15) is 30.5 Å². The Hall–Kier alpha value is -3.68. The van der Waals surface area contributed by atoms with Crippen LogP contribution in [0.4, 0.5) is 0 Å². The van der Waals surface area contributed by atoms with Gasteiger partial charge in [-0.2, -0.15) is 0 Å². The third kappa shape index (κ3) is 10.2. The van der Waals surface area contributed by atoms with Gasteiger partial charge in [0.15, 0.2) is 18.7 Å². The number of carbonyl (C=O) groups is 2. The van der Waals surface area contributed by atoms with Crippen LogP contribution in [0.1, 0.15) is 43.9 Å². The first kappa shape index (κ1) is 35.6. The summed E-state index contributed by atoms with van der Waals surface area (Å²) in [4.78, 5) is 23.9. The molecule has 3 aromatic carbocycles. The summed E-state index contributed by atoms with van der Waals surface area (Å²) in [5.74, 6) is -1.05. The van der Waals surface area contributed by atoms with E-state index in [4.69, 9.17) is 37.9 Å². The first-order valence-electron chi connectivity index (χ1n) is 16.2. The second-order valence-corrected chi connectivity index (χ2v) is 11.9. The highest BCUT2D eigenvalue weighted by Crippen LogP contribution is 2.33. The molecule has 11 heteroatoms. The molecule has 2 aliphatic rings. The molecule has 0 aliphatic carbocycles. The Morgan fingerprint density at radius 1 is 0.688 bits per heavy atom. The van der Waals surface area contributed by atoms with Crippen LogP contribution in [0.3, 0.4) is 0 Å². The number of hydrogen-bond donors (Lipinski definition) is 1. The van der Waals surface area contributed by atoms with E-state index in [0.29, 0.717) is 6.61 Å². The van der Waals surface area contributed by atoms with Crippen molar-refractivity contribution in [3.05, 3.63) is 108 Å². The van der Waals surface area contributed by atoms with Crippen molar-refractivity contribution in [3.63, 3.8) is 0 Å². The number of rotatable bonds is 14. The Morgan fingerprint density at radius 2 is 1.21 bits per heavy atom. The molecule has 2 heterocycles. The van der Waals surface area contributed by atoms with Gasteiger partial charge < -0.3 is 43.0 Å². The van der Waals surface area contributed by atoms with Crippen LogP contribution in [0.25, 0.3) is 0 Å². The Balaban J connectivity index is 1.41. The Morgan fingerprint density at radius 3 is 1.75 bits per heavy atom. The van der Waals surface area contributed by atoms with Gasteiger partial charge >= 0.3 is 11.9 Å². The number of aliphatic hydroxyl groups is 1. The second-order valence-electron chi connectivity index (χ2n) is 11.9. The minimum Gasteiger partial charge on any atom is -0.458 e. The number of aliphatic hydroxyl groups excluding tert-OH is 1. The lowest BCUT2D eigenvalue weighted by molar-refractivity contribution is -0.347. The van der Waals surface area contributed by atoms with E-state index in [0.717, 1.165) is 16.7 Å². The Labute approximate surface area is 280 Å². The average molecular weight is 665 g/mol. The van der Waals surface area contributed by atoms with E-state index >= 15 is 0 Å². The third-order valence-corrected chi connectivity index (χ3v) is 8.12. The van der Waals surface area contributed by atoms with Gasteiger partial charge in [0.25, 0.3) is 0 Å². The van der Waals surface area contributed by atoms with E-state index in [1.165, 1.54) is 13.8 Å². The molecule has 11 nitrogen and oxygen atoms in total. The monoisotopic (exact) mass is 664 g/mol. The van der Waals surface area contributed by atoms with E-state index in [9.17, 15) is 14.7 Å². The van der Waals surface area contributed by atoms with Crippen molar-refractivity contribution in [3.8, 4) is 0 Å². The average Bonchev–Trinajstić information content (AvgIpc) is 3.07. The van der Waals surface area contributed by atoms with Crippen LogP contribution in [0.5, 0.6) is 0 Å². The smallest absolute Gasteiger partial charge is 0.303 e. The molecule has 0 aromatic heterocycles. The molecule has 48 heavy (non-hydrogen) atoms. The van der Waals surface area contributed by atoms with Crippen molar-refractivity contribution < 1.29 is 52.6 Å². The fourth-order valence-corrected chi connectivity index (χ4v) is 5.91. The van der Waals surface area contributed by atoms with E-state index in [2.05, 4.69) is 0 Å². The molecule has 0 radical (unpaired) electrons. The number of ether oxygens (including phenoxy) is 8. The summed E-state index contributed by atoms with van der Waals surface area (Å²) in [6, 6.07) is 28.9. The zero-order valence-electron chi connectivity index (χ0n) is 27.4. The number of carbonyl (C=O) groups excluding carboxylic acids is 2. The van der Waals surface area contributed by atoms with E-state index in [1.807, 2.05) is 91.0 Å². The van der Waals surface area contributed by atoms with Crippen molar-refractivity contribution in [1.82, 2.24) is 0 Å². The van der Waals surface area contributed by atoms with Crippen molar-refractivity contribution in [2.45, 2.75) is 102 Å².